The van der Waals surface area contributed by atoms with Gasteiger partial charge in [0.05, 0.1) is 17.2 Å². The molecule has 4 heteroatoms. The lowest BCUT2D eigenvalue weighted by molar-refractivity contribution is 0.0696. The summed E-state index contributed by atoms with van der Waals surface area (Å²) in [6, 6.07) is 5.06. The van der Waals surface area contributed by atoms with Gasteiger partial charge in [-0.05, 0) is 40.0 Å². The van der Waals surface area contributed by atoms with Crippen molar-refractivity contribution in [2.45, 2.75) is 13.3 Å². The molecule has 0 fully saturated rings. The normalized spacial score (nSPS) is 9.50. The van der Waals surface area contributed by atoms with Gasteiger partial charge in [-0.2, -0.15) is 5.26 Å². The molecule has 1 aromatic carbocycles. The molecule has 14 heavy (non-hydrogen) atoms. The Morgan fingerprint density at radius 3 is 2.71 bits per heavy atom. The number of aryl methyl sites for hydroxylation is 1. The fourth-order valence-corrected chi connectivity index (χ4v) is 1.74. The summed E-state index contributed by atoms with van der Waals surface area (Å²) >= 11 is 3.16. The molecule has 0 radical (unpaired) electrons. The number of carboxylic acid groups (broad SMARTS) is 1. The Balaban J connectivity index is 3.40. The molecule has 0 bridgehead atoms. The van der Waals surface area contributed by atoms with E-state index >= 15 is 0 Å². The van der Waals surface area contributed by atoms with E-state index in [9.17, 15) is 4.79 Å². The van der Waals surface area contributed by atoms with Crippen molar-refractivity contribution in [1.82, 2.24) is 0 Å². The summed E-state index contributed by atoms with van der Waals surface area (Å²) in [7, 11) is 0. The summed E-state index contributed by atoms with van der Waals surface area (Å²) in [5.74, 6) is -1.03. The molecule has 0 heterocycles. The molecule has 0 aliphatic carbocycles. The lowest BCUT2D eigenvalue weighted by Crippen LogP contribution is -2.00. The number of halogens is 1. The molecular formula is C10H8BrNO2. The van der Waals surface area contributed by atoms with E-state index in [-0.39, 0.29) is 5.56 Å². The summed E-state index contributed by atoms with van der Waals surface area (Å²) in [6.45, 7) is 1.92. The zero-order chi connectivity index (χ0) is 10.7. The van der Waals surface area contributed by atoms with Crippen molar-refractivity contribution in [3.8, 4) is 6.07 Å². The quantitative estimate of drug-likeness (QED) is 0.882. The van der Waals surface area contributed by atoms with Crippen molar-refractivity contribution < 1.29 is 9.90 Å². The molecule has 0 aliphatic rings. The van der Waals surface area contributed by atoms with Crippen molar-refractivity contribution in [1.29, 1.82) is 5.26 Å². The maximum Gasteiger partial charge on any atom is 0.336 e. The first-order valence-corrected chi connectivity index (χ1v) is 4.85. The van der Waals surface area contributed by atoms with E-state index in [4.69, 9.17) is 10.4 Å². The largest absolute Gasteiger partial charge is 0.478 e. The van der Waals surface area contributed by atoms with Crippen LogP contribution in [0.2, 0.25) is 0 Å². The maximum atomic E-state index is 10.8. The highest BCUT2D eigenvalue weighted by Gasteiger charge is 2.12. The minimum atomic E-state index is -1.03. The van der Waals surface area contributed by atoms with Gasteiger partial charge in [0.1, 0.15) is 0 Å². The van der Waals surface area contributed by atoms with E-state index < -0.39 is 5.97 Å². The molecule has 1 rings (SSSR count). The summed E-state index contributed by atoms with van der Waals surface area (Å²) in [5.41, 5.74) is 1.40. The molecule has 0 aromatic heterocycles. The van der Waals surface area contributed by atoms with Crippen LogP contribution in [-0.2, 0) is 6.42 Å². The number of nitrogens with zero attached hydrogens (tertiary/aromatic N) is 1. The minimum Gasteiger partial charge on any atom is -0.478 e. The summed E-state index contributed by atoms with van der Waals surface area (Å²) < 4.78 is 0.515. The zero-order valence-corrected chi connectivity index (χ0v) is 9.13. The van der Waals surface area contributed by atoms with Crippen LogP contribution in [0, 0.1) is 11.3 Å². The first-order valence-electron chi connectivity index (χ1n) is 4.06. The van der Waals surface area contributed by atoms with Gasteiger partial charge >= 0.3 is 5.97 Å². The number of hydrogen-bond donors (Lipinski definition) is 1. The van der Waals surface area contributed by atoms with Gasteiger partial charge in [-0.1, -0.05) is 6.92 Å². The smallest absolute Gasteiger partial charge is 0.336 e. The minimum absolute atomic E-state index is 0.124. The molecule has 1 N–H and O–H groups in total. The van der Waals surface area contributed by atoms with Crippen LogP contribution >= 0.6 is 15.9 Å². The lowest BCUT2D eigenvalue weighted by atomic mass is 10.0. The van der Waals surface area contributed by atoms with Crippen molar-refractivity contribution in [2.24, 2.45) is 0 Å². The van der Waals surface area contributed by atoms with Gasteiger partial charge in [0.25, 0.3) is 0 Å². The third-order valence-corrected chi connectivity index (χ3v) is 2.58. The van der Waals surface area contributed by atoms with Crippen molar-refractivity contribution in [2.75, 3.05) is 0 Å². The average Bonchev–Trinajstić information content (AvgIpc) is 2.16. The molecule has 0 aliphatic heterocycles. The Labute approximate surface area is 90.1 Å². The highest BCUT2D eigenvalue weighted by atomic mass is 79.9. The lowest BCUT2D eigenvalue weighted by Gasteiger charge is -2.04. The van der Waals surface area contributed by atoms with Crippen molar-refractivity contribution in [3.05, 3.63) is 33.3 Å². The van der Waals surface area contributed by atoms with Crippen LogP contribution < -0.4 is 0 Å². The number of carbonyl (C=O) groups is 1. The number of hydrogen-bond acceptors (Lipinski definition) is 2. The van der Waals surface area contributed by atoms with E-state index in [2.05, 4.69) is 15.9 Å². The SMILES string of the molecule is CCc1cc(Br)c(C(=O)O)cc1C#N. The van der Waals surface area contributed by atoms with E-state index in [0.717, 1.165) is 5.56 Å². The zero-order valence-electron chi connectivity index (χ0n) is 7.54. The Morgan fingerprint density at radius 1 is 1.64 bits per heavy atom. The standard InChI is InChI=1S/C10H8BrNO2/c1-2-6-4-9(11)8(10(13)14)3-7(6)5-12/h3-4H,2H2,1H3,(H,13,14). The molecular weight excluding hydrogens is 246 g/mol. The van der Waals surface area contributed by atoms with Gasteiger partial charge in [0.2, 0.25) is 0 Å². The first kappa shape index (κ1) is 10.7. The Kier molecular flexibility index (Phi) is 3.26. The highest BCUT2D eigenvalue weighted by molar-refractivity contribution is 9.10. The van der Waals surface area contributed by atoms with Crippen LogP contribution in [0.15, 0.2) is 16.6 Å². The Morgan fingerprint density at radius 2 is 2.29 bits per heavy atom. The third-order valence-electron chi connectivity index (χ3n) is 1.92. The van der Waals surface area contributed by atoms with Crippen LogP contribution in [0.25, 0.3) is 0 Å². The number of benzene rings is 1. The van der Waals surface area contributed by atoms with Crippen molar-refractivity contribution in [3.63, 3.8) is 0 Å². The Bertz CT molecular complexity index is 421. The fraction of sp³-hybridized carbons (Fsp3) is 0.200. The monoisotopic (exact) mass is 253 g/mol. The topological polar surface area (TPSA) is 61.1 Å². The molecule has 0 saturated heterocycles. The second-order valence-corrected chi connectivity index (χ2v) is 3.61. The molecule has 1 aromatic rings. The number of nitriles is 1. The number of aromatic carboxylic acids is 1. The van der Waals surface area contributed by atoms with Crippen LogP contribution in [0.1, 0.15) is 28.4 Å². The molecule has 72 valence electrons. The van der Waals surface area contributed by atoms with Crippen LogP contribution in [-0.4, -0.2) is 11.1 Å². The molecule has 0 atom stereocenters. The van der Waals surface area contributed by atoms with Crippen LogP contribution in [0.3, 0.4) is 0 Å². The molecule has 0 amide bonds. The van der Waals surface area contributed by atoms with E-state index in [1.54, 1.807) is 6.07 Å². The maximum absolute atomic E-state index is 10.8. The van der Waals surface area contributed by atoms with Crippen LogP contribution in [0.4, 0.5) is 0 Å². The molecule has 0 spiro atoms. The molecule has 0 saturated carbocycles. The predicted octanol–water partition coefficient (Wildman–Crippen LogP) is 2.58. The summed E-state index contributed by atoms with van der Waals surface area (Å²) in [6.07, 6.45) is 0.710. The number of carboxylic acids is 1. The van der Waals surface area contributed by atoms with Crippen LogP contribution in [0.5, 0.6) is 0 Å². The Hall–Kier alpha value is -1.34. The van der Waals surface area contributed by atoms with Gasteiger partial charge in [0, 0.05) is 4.47 Å². The number of rotatable bonds is 2. The highest BCUT2D eigenvalue weighted by Crippen LogP contribution is 2.22. The molecule has 3 nitrogen and oxygen atoms in total. The van der Waals surface area contributed by atoms with Gasteiger partial charge in [-0.25, -0.2) is 4.79 Å². The first-order chi connectivity index (χ1) is 6.60. The van der Waals surface area contributed by atoms with E-state index in [0.29, 0.717) is 16.5 Å². The fourth-order valence-electron chi connectivity index (χ4n) is 1.17. The van der Waals surface area contributed by atoms with E-state index in [1.807, 2.05) is 13.0 Å². The second-order valence-electron chi connectivity index (χ2n) is 2.76. The predicted molar refractivity (Wildman–Crippen MR) is 55.2 cm³/mol. The second kappa shape index (κ2) is 4.25. The average molecular weight is 254 g/mol. The van der Waals surface area contributed by atoms with Gasteiger partial charge in [-0.3, -0.25) is 0 Å². The van der Waals surface area contributed by atoms with E-state index in [1.165, 1.54) is 6.07 Å². The molecule has 0 unspecified atom stereocenters. The third kappa shape index (κ3) is 1.94. The summed E-state index contributed by atoms with van der Waals surface area (Å²) in [4.78, 5) is 10.8. The summed E-state index contributed by atoms with van der Waals surface area (Å²) in [5, 5.41) is 17.6. The van der Waals surface area contributed by atoms with Gasteiger partial charge in [-0.15, -0.1) is 0 Å². The van der Waals surface area contributed by atoms with Gasteiger partial charge < -0.3 is 5.11 Å². The van der Waals surface area contributed by atoms with Gasteiger partial charge in [0.15, 0.2) is 0 Å². The van der Waals surface area contributed by atoms with Crippen molar-refractivity contribution >= 4 is 21.9 Å².